The second kappa shape index (κ2) is 4.83. The minimum absolute atomic E-state index is 0.255. The molecule has 1 aromatic rings. The van der Waals surface area contributed by atoms with Crippen molar-refractivity contribution in [1.82, 2.24) is 0 Å². The van der Waals surface area contributed by atoms with Gasteiger partial charge in [0.05, 0.1) is 4.91 Å². The normalized spacial score (nSPS) is 12.4. The van der Waals surface area contributed by atoms with E-state index in [2.05, 4.69) is 0 Å². The van der Waals surface area contributed by atoms with Crippen LogP contribution in [0.1, 0.15) is 52.7 Å². The molecule has 0 saturated heterocycles. The minimum Gasteiger partial charge on any atom is -0.507 e. The average molecular weight is 266 g/mol. The Hall–Kier alpha value is -1.58. The van der Waals surface area contributed by atoms with Crippen LogP contribution >= 0.6 is 0 Å². The first-order valence-corrected chi connectivity index (χ1v) is 6.38. The fraction of sp³-hybridized carbons (Fsp3) is 0.600. The summed E-state index contributed by atoms with van der Waals surface area (Å²) in [5.41, 5.74) is 1.37. The Morgan fingerprint density at radius 2 is 1.37 bits per heavy atom. The van der Waals surface area contributed by atoms with Crippen molar-refractivity contribution in [2.45, 2.75) is 52.4 Å². The summed E-state index contributed by atoms with van der Waals surface area (Å²) in [7, 11) is 1.33. The van der Waals surface area contributed by atoms with E-state index in [-0.39, 0.29) is 16.6 Å². The molecule has 0 radical (unpaired) electrons. The summed E-state index contributed by atoms with van der Waals surface area (Å²) in [4.78, 5) is 16.9. The number of aromatic hydroxyl groups is 1. The Bertz CT molecular complexity index is 458. The van der Waals surface area contributed by atoms with Crippen LogP contribution in [0.3, 0.4) is 0 Å². The van der Waals surface area contributed by atoms with Gasteiger partial charge in [-0.3, -0.25) is 0 Å². The number of phenols is 1. The molecule has 1 N–H and O–H groups in total. The van der Waals surface area contributed by atoms with Crippen LogP contribution in [-0.4, -0.2) is 17.1 Å². The standard InChI is InChI=1S/C15H23NO3/c1-14(2,3)11-8-10(16(18)19-7)9-12(13(11)17)15(4,5)6/h8-9H,1-7H3/p+1. The van der Waals surface area contributed by atoms with Gasteiger partial charge in [-0.2, -0.15) is 0 Å². The Labute approximate surface area is 114 Å². The SMILES string of the molecule is CO[N+](=O)c1cc(C(C)(C)C)c(O)c(C(C)(C)C)c1. The van der Waals surface area contributed by atoms with E-state index in [1.165, 1.54) is 7.11 Å². The first-order chi connectivity index (χ1) is 8.48. The van der Waals surface area contributed by atoms with Crippen LogP contribution in [0.25, 0.3) is 0 Å². The van der Waals surface area contributed by atoms with Crippen LogP contribution in [-0.2, 0) is 15.7 Å². The molecular weight excluding hydrogens is 242 g/mol. The fourth-order valence-corrected chi connectivity index (χ4v) is 1.97. The van der Waals surface area contributed by atoms with Crippen molar-refractivity contribution >= 4 is 5.69 Å². The molecule has 0 bridgehead atoms. The topological polar surface area (TPSA) is 49.5 Å². The van der Waals surface area contributed by atoms with Crippen LogP contribution < -0.4 is 0 Å². The number of rotatable bonds is 2. The molecule has 1 rings (SSSR count). The van der Waals surface area contributed by atoms with Gasteiger partial charge in [0, 0.05) is 23.3 Å². The molecule has 106 valence electrons. The predicted molar refractivity (Wildman–Crippen MR) is 75.8 cm³/mol. The Kier molecular flexibility index (Phi) is 3.94. The van der Waals surface area contributed by atoms with Gasteiger partial charge < -0.3 is 5.11 Å². The van der Waals surface area contributed by atoms with Gasteiger partial charge in [-0.05, 0) is 10.8 Å². The maximum Gasteiger partial charge on any atom is 0.317 e. The summed E-state index contributed by atoms with van der Waals surface area (Å²) in [6.07, 6.45) is 0. The van der Waals surface area contributed by atoms with Crippen LogP contribution in [0.2, 0.25) is 0 Å². The Morgan fingerprint density at radius 1 is 1.00 bits per heavy atom. The van der Waals surface area contributed by atoms with Crippen LogP contribution in [0.5, 0.6) is 5.75 Å². The van der Waals surface area contributed by atoms with Crippen LogP contribution in [0.4, 0.5) is 5.69 Å². The summed E-state index contributed by atoms with van der Waals surface area (Å²) in [5, 5.41) is 10.5. The zero-order valence-corrected chi connectivity index (χ0v) is 12.9. The second-order valence-electron chi connectivity index (χ2n) is 6.83. The van der Waals surface area contributed by atoms with E-state index in [4.69, 9.17) is 4.84 Å². The molecule has 19 heavy (non-hydrogen) atoms. The molecular formula is C15H24NO3+. The molecule has 1 aromatic carbocycles. The molecule has 0 fully saturated rings. The van der Waals surface area contributed by atoms with Gasteiger partial charge in [0.2, 0.25) is 0 Å². The smallest absolute Gasteiger partial charge is 0.317 e. The molecule has 0 aliphatic rings. The van der Waals surface area contributed by atoms with Crippen molar-refractivity contribution < 1.29 is 14.9 Å². The first kappa shape index (κ1) is 15.5. The van der Waals surface area contributed by atoms with Crippen molar-refractivity contribution in [1.29, 1.82) is 0 Å². The van der Waals surface area contributed by atoms with Crippen molar-refractivity contribution in [2.24, 2.45) is 0 Å². The largest absolute Gasteiger partial charge is 0.507 e. The molecule has 0 spiro atoms. The highest BCUT2D eigenvalue weighted by Gasteiger charge is 2.30. The maximum absolute atomic E-state index is 11.7. The number of benzene rings is 1. The van der Waals surface area contributed by atoms with Crippen molar-refractivity contribution in [3.05, 3.63) is 28.2 Å². The maximum atomic E-state index is 11.7. The molecule has 0 saturated carbocycles. The molecule has 0 amide bonds. The van der Waals surface area contributed by atoms with E-state index in [1.54, 1.807) is 12.1 Å². The lowest BCUT2D eigenvalue weighted by Gasteiger charge is -2.26. The van der Waals surface area contributed by atoms with Crippen LogP contribution in [0.15, 0.2) is 12.1 Å². The predicted octanol–water partition coefficient (Wildman–Crippen LogP) is 3.96. The lowest BCUT2D eigenvalue weighted by molar-refractivity contribution is -0.736. The quantitative estimate of drug-likeness (QED) is 0.824. The van der Waals surface area contributed by atoms with Gasteiger partial charge in [-0.1, -0.05) is 41.5 Å². The Balaban J connectivity index is 3.62. The fourth-order valence-electron chi connectivity index (χ4n) is 1.97. The average Bonchev–Trinajstić information content (AvgIpc) is 2.25. The number of hydrogen-bond acceptors (Lipinski definition) is 3. The van der Waals surface area contributed by atoms with Gasteiger partial charge in [-0.25, -0.2) is 4.84 Å². The minimum atomic E-state index is -0.255. The molecule has 4 heteroatoms. The second-order valence-corrected chi connectivity index (χ2v) is 6.83. The van der Waals surface area contributed by atoms with E-state index >= 15 is 0 Å². The number of nitrogens with zero attached hydrogens (tertiary/aromatic N) is 1. The van der Waals surface area contributed by atoms with Crippen LogP contribution in [0, 0.1) is 4.91 Å². The van der Waals surface area contributed by atoms with E-state index in [0.717, 1.165) is 11.1 Å². The molecule has 0 atom stereocenters. The van der Waals surface area contributed by atoms with Gasteiger partial charge >= 0.3 is 5.69 Å². The summed E-state index contributed by atoms with van der Waals surface area (Å²) in [6.45, 7) is 12.0. The third-order valence-corrected chi connectivity index (χ3v) is 3.09. The van der Waals surface area contributed by atoms with Crippen molar-refractivity contribution in [3.63, 3.8) is 0 Å². The van der Waals surface area contributed by atoms with Crippen molar-refractivity contribution in [2.75, 3.05) is 7.11 Å². The van der Waals surface area contributed by atoms with Gasteiger partial charge in [0.15, 0.2) is 7.11 Å². The highest BCUT2D eigenvalue weighted by atomic mass is 16.8. The zero-order chi connectivity index (χ0) is 15.0. The van der Waals surface area contributed by atoms with Gasteiger partial charge in [0.25, 0.3) is 4.92 Å². The molecule has 4 nitrogen and oxygen atoms in total. The molecule has 0 unspecified atom stereocenters. The van der Waals surface area contributed by atoms with Gasteiger partial charge in [0.1, 0.15) is 5.75 Å². The van der Waals surface area contributed by atoms with Crippen molar-refractivity contribution in [3.8, 4) is 5.75 Å². The van der Waals surface area contributed by atoms with E-state index < -0.39 is 0 Å². The third-order valence-electron chi connectivity index (χ3n) is 3.09. The van der Waals surface area contributed by atoms with E-state index in [1.807, 2.05) is 41.5 Å². The summed E-state index contributed by atoms with van der Waals surface area (Å²) >= 11 is 0. The summed E-state index contributed by atoms with van der Waals surface area (Å²) in [6, 6.07) is 3.36. The lowest BCUT2D eigenvalue weighted by Crippen LogP contribution is -2.18. The summed E-state index contributed by atoms with van der Waals surface area (Å²) in [5.74, 6) is 0.258. The summed E-state index contributed by atoms with van der Waals surface area (Å²) < 4.78 is 0. The third kappa shape index (κ3) is 3.25. The van der Waals surface area contributed by atoms with E-state index in [0.29, 0.717) is 10.6 Å². The first-order valence-electron chi connectivity index (χ1n) is 6.38. The highest BCUT2D eigenvalue weighted by molar-refractivity contribution is 5.54. The molecule has 0 aliphatic carbocycles. The molecule has 0 aliphatic heterocycles. The molecule has 0 aromatic heterocycles. The monoisotopic (exact) mass is 266 g/mol. The van der Waals surface area contributed by atoms with E-state index in [9.17, 15) is 10.0 Å². The lowest BCUT2D eigenvalue weighted by atomic mass is 9.79. The molecule has 0 heterocycles. The zero-order valence-electron chi connectivity index (χ0n) is 12.9. The highest BCUT2D eigenvalue weighted by Crippen LogP contribution is 2.41. The number of phenolic OH excluding ortho intramolecular Hbond substituents is 1. The number of hydrogen-bond donors (Lipinski definition) is 1. The Morgan fingerprint density at radius 3 is 1.63 bits per heavy atom. The van der Waals surface area contributed by atoms with Gasteiger partial charge in [-0.15, -0.1) is 0 Å².